The lowest BCUT2D eigenvalue weighted by Crippen LogP contribution is -1.99. The average Bonchev–Trinajstić information content (AvgIpc) is 2.71. The van der Waals surface area contributed by atoms with Gasteiger partial charge in [-0.2, -0.15) is 5.10 Å². The molecule has 0 atom stereocenters. The lowest BCUT2D eigenvalue weighted by atomic mass is 10.2. The standard InChI is InChI=1S/C8H9N3O2/c1-2-11-5-6(4-9-11)7-3-8(12)13-10-7/h4-5H,2-3H2,1H3. The van der Waals surface area contributed by atoms with Gasteiger partial charge in [0.05, 0.1) is 12.6 Å². The summed E-state index contributed by atoms with van der Waals surface area (Å²) in [4.78, 5) is 15.2. The Morgan fingerprint density at radius 3 is 3.08 bits per heavy atom. The zero-order valence-electron chi connectivity index (χ0n) is 7.23. The van der Waals surface area contributed by atoms with Gasteiger partial charge in [-0.25, -0.2) is 4.79 Å². The van der Waals surface area contributed by atoms with Crippen LogP contribution in [0.5, 0.6) is 0 Å². The van der Waals surface area contributed by atoms with E-state index >= 15 is 0 Å². The number of hydrogen-bond acceptors (Lipinski definition) is 4. The van der Waals surface area contributed by atoms with Gasteiger partial charge in [0.25, 0.3) is 0 Å². The smallest absolute Gasteiger partial charge is 0.318 e. The Bertz CT molecular complexity index is 367. The van der Waals surface area contributed by atoms with Crippen LogP contribution in [0.1, 0.15) is 18.9 Å². The van der Waals surface area contributed by atoms with Crippen LogP contribution >= 0.6 is 0 Å². The highest BCUT2D eigenvalue weighted by Gasteiger charge is 2.19. The van der Waals surface area contributed by atoms with Gasteiger partial charge in [-0.3, -0.25) is 4.68 Å². The molecular weight excluding hydrogens is 170 g/mol. The topological polar surface area (TPSA) is 56.5 Å². The summed E-state index contributed by atoms with van der Waals surface area (Å²) >= 11 is 0. The van der Waals surface area contributed by atoms with Crippen molar-refractivity contribution in [3.05, 3.63) is 18.0 Å². The molecule has 0 spiro atoms. The zero-order valence-corrected chi connectivity index (χ0v) is 7.23. The van der Waals surface area contributed by atoms with Crippen LogP contribution in [0.3, 0.4) is 0 Å². The van der Waals surface area contributed by atoms with Crippen molar-refractivity contribution in [2.75, 3.05) is 0 Å². The Labute approximate surface area is 75.0 Å². The third kappa shape index (κ3) is 1.44. The van der Waals surface area contributed by atoms with Crippen LogP contribution in [0.2, 0.25) is 0 Å². The lowest BCUT2D eigenvalue weighted by molar-refractivity contribution is -0.140. The maximum Gasteiger partial charge on any atom is 0.341 e. The third-order valence-electron chi connectivity index (χ3n) is 1.86. The zero-order chi connectivity index (χ0) is 9.26. The van der Waals surface area contributed by atoms with Crippen molar-refractivity contribution in [2.45, 2.75) is 19.9 Å². The molecule has 0 unspecified atom stereocenters. The van der Waals surface area contributed by atoms with E-state index < -0.39 is 0 Å². The molecule has 0 amide bonds. The Hall–Kier alpha value is -1.65. The summed E-state index contributed by atoms with van der Waals surface area (Å²) in [6, 6.07) is 0. The Morgan fingerprint density at radius 1 is 1.69 bits per heavy atom. The van der Waals surface area contributed by atoms with Crippen LogP contribution in [0.4, 0.5) is 0 Å². The van der Waals surface area contributed by atoms with Crippen molar-refractivity contribution in [1.29, 1.82) is 0 Å². The first-order valence-electron chi connectivity index (χ1n) is 4.09. The van der Waals surface area contributed by atoms with Crippen molar-refractivity contribution in [3.63, 3.8) is 0 Å². The lowest BCUT2D eigenvalue weighted by Gasteiger charge is -1.90. The Morgan fingerprint density at radius 2 is 2.54 bits per heavy atom. The average molecular weight is 179 g/mol. The van der Waals surface area contributed by atoms with Crippen LogP contribution < -0.4 is 0 Å². The first-order valence-corrected chi connectivity index (χ1v) is 4.09. The molecule has 0 saturated carbocycles. The van der Waals surface area contributed by atoms with Crippen molar-refractivity contribution < 1.29 is 9.63 Å². The number of oxime groups is 1. The molecule has 1 aliphatic rings. The largest absolute Gasteiger partial charge is 0.341 e. The summed E-state index contributed by atoms with van der Waals surface area (Å²) in [6.07, 6.45) is 3.78. The molecule has 2 heterocycles. The molecule has 2 rings (SSSR count). The van der Waals surface area contributed by atoms with Crippen molar-refractivity contribution in [3.8, 4) is 0 Å². The van der Waals surface area contributed by atoms with Gasteiger partial charge >= 0.3 is 5.97 Å². The van der Waals surface area contributed by atoms with Crippen LogP contribution in [0, 0.1) is 0 Å². The SMILES string of the molecule is CCn1cc(C2=NOC(=O)C2)cn1. The van der Waals surface area contributed by atoms with Crippen molar-refractivity contribution in [1.82, 2.24) is 9.78 Å². The van der Waals surface area contributed by atoms with E-state index in [1.165, 1.54) is 0 Å². The van der Waals surface area contributed by atoms with Gasteiger partial charge in [0.2, 0.25) is 0 Å². The molecule has 0 N–H and O–H groups in total. The fraction of sp³-hybridized carbons (Fsp3) is 0.375. The van der Waals surface area contributed by atoms with E-state index in [2.05, 4.69) is 15.1 Å². The molecule has 13 heavy (non-hydrogen) atoms. The van der Waals surface area contributed by atoms with E-state index in [1.807, 2.05) is 13.1 Å². The molecule has 1 aliphatic heterocycles. The molecular formula is C8H9N3O2. The number of nitrogens with zero attached hydrogens (tertiary/aromatic N) is 3. The summed E-state index contributed by atoms with van der Waals surface area (Å²) in [5.74, 6) is -0.306. The summed E-state index contributed by atoms with van der Waals surface area (Å²) in [5, 5.41) is 7.72. The molecule has 0 radical (unpaired) electrons. The first kappa shape index (κ1) is 7.97. The number of aromatic nitrogens is 2. The third-order valence-corrected chi connectivity index (χ3v) is 1.86. The quantitative estimate of drug-likeness (QED) is 0.623. The highest BCUT2D eigenvalue weighted by Crippen LogP contribution is 2.10. The van der Waals surface area contributed by atoms with E-state index in [4.69, 9.17) is 0 Å². The predicted molar refractivity (Wildman–Crippen MR) is 45.1 cm³/mol. The summed E-state index contributed by atoms with van der Waals surface area (Å²) < 4.78 is 1.78. The van der Waals surface area contributed by atoms with Crippen molar-refractivity contribution in [2.24, 2.45) is 5.16 Å². The van der Waals surface area contributed by atoms with Gasteiger partial charge < -0.3 is 4.84 Å². The van der Waals surface area contributed by atoms with Gasteiger partial charge in [-0.1, -0.05) is 5.16 Å². The van der Waals surface area contributed by atoms with Gasteiger partial charge in [-0.05, 0) is 6.92 Å². The molecule has 0 saturated heterocycles. The van der Waals surface area contributed by atoms with E-state index in [9.17, 15) is 4.79 Å². The molecule has 5 nitrogen and oxygen atoms in total. The highest BCUT2D eigenvalue weighted by molar-refractivity contribution is 6.11. The molecule has 1 aromatic heterocycles. The summed E-state index contributed by atoms with van der Waals surface area (Å²) in [7, 11) is 0. The molecule has 0 aromatic carbocycles. The Balaban J connectivity index is 2.21. The number of aryl methyl sites for hydroxylation is 1. The normalized spacial score (nSPS) is 15.8. The van der Waals surface area contributed by atoms with Gasteiger partial charge in [-0.15, -0.1) is 0 Å². The maximum atomic E-state index is 10.7. The summed E-state index contributed by atoms with van der Waals surface area (Å²) in [5.41, 5.74) is 1.51. The molecule has 5 heteroatoms. The van der Waals surface area contributed by atoms with E-state index in [-0.39, 0.29) is 12.4 Å². The van der Waals surface area contributed by atoms with Gasteiger partial charge in [0.1, 0.15) is 5.71 Å². The summed E-state index contributed by atoms with van der Waals surface area (Å²) in [6.45, 7) is 2.80. The second-order valence-electron chi connectivity index (χ2n) is 2.76. The molecule has 1 aromatic rings. The van der Waals surface area contributed by atoms with E-state index in [0.29, 0.717) is 5.71 Å². The number of carbonyl (C=O) groups is 1. The molecule has 68 valence electrons. The van der Waals surface area contributed by atoms with E-state index in [1.54, 1.807) is 10.9 Å². The fourth-order valence-corrected chi connectivity index (χ4v) is 1.15. The van der Waals surface area contributed by atoms with Crippen LogP contribution in [0.15, 0.2) is 17.5 Å². The minimum atomic E-state index is -0.306. The second kappa shape index (κ2) is 3.01. The van der Waals surface area contributed by atoms with E-state index in [0.717, 1.165) is 12.1 Å². The highest BCUT2D eigenvalue weighted by atomic mass is 16.7. The van der Waals surface area contributed by atoms with Gasteiger partial charge in [0.15, 0.2) is 0 Å². The number of rotatable bonds is 2. The van der Waals surface area contributed by atoms with Crippen LogP contribution in [-0.2, 0) is 16.2 Å². The second-order valence-corrected chi connectivity index (χ2v) is 2.76. The van der Waals surface area contributed by atoms with Gasteiger partial charge in [0, 0.05) is 18.3 Å². The fourth-order valence-electron chi connectivity index (χ4n) is 1.15. The van der Waals surface area contributed by atoms with Crippen LogP contribution in [-0.4, -0.2) is 21.5 Å². The number of carbonyl (C=O) groups excluding carboxylic acids is 1. The van der Waals surface area contributed by atoms with Crippen LogP contribution in [0.25, 0.3) is 0 Å². The minimum Gasteiger partial charge on any atom is -0.318 e. The molecule has 0 fully saturated rings. The molecule has 0 aliphatic carbocycles. The Kier molecular flexibility index (Phi) is 1.84. The first-order chi connectivity index (χ1) is 6.29. The van der Waals surface area contributed by atoms with Crippen molar-refractivity contribution >= 4 is 11.7 Å². The molecule has 0 bridgehead atoms. The monoisotopic (exact) mass is 179 g/mol. The number of hydrogen-bond donors (Lipinski definition) is 0. The predicted octanol–water partition coefficient (Wildman–Crippen LogP) is 0.554. The minimum absolute atomic E-state index is 0.245. The maximum absolute atomic E-state index is 10.7.